The number of benzene rings is 2. The number of nitrogens with zero attached hydrogens (tertiary/aromatic N) is 3. The van der Waals surface area contributed by atoms with Crippen molar-refractivity contribution < 1.29 is 19.1 Å². The average Bonchev–Trinajstić information content (AvgIpc) is 2.87. The van der Waals surface area contributed by atoms with Gasteiger partial charge in [-0.15, -0.1) is 0 Å². The minimum absolute atomic E-state index is 0.0117. The van der Waals surface area contributed by atoms with Gasteiger partial charge in [0.15, 0.2) is 11.5 Å². The third-order valence-corrected chi connectivity index (χ3v) is 5.78. The van der Waals surface area contributed by atoms with Crippen LogP contribution < -0.4 is 9.47 Å². The van der Waals surface area contributed by atoms with E-state index in [1.807, 2.05) is 53.4 Å². The first-order chi connectivity index (χ1) is 16.1. The number of hydrogen-bond acceptors (Lipinski definition) is 5. The molecule has 33 heavy (non-hydrogen) atoms. The van der Waals surface area contributed by atoms with Crippen molar-refractivity contribution >= 4 is 11.8 Å². The predicted octanol–water partition coefficient (Wildman–Crippen LogP) is 3.71. The Morgan fingerprint density at radius 1 is 1.00 bits per heavy atom. The van der Waals surface area contributed by atoms with Gasteiger partial charge in [-0.25, -0.2) is 0 Å². The number of carbonyl (C=O) groups is 2. The summed E-state index contributed by atoms with van der Waals surface area (Å²) in [6.45, 7) is 3.25. The van der Waals surface area contributed by atoms with E-state index in [0.29, 0.717) is 36.7 Å². The summed E-state index contributed by atoms with van der Waals surface area (Å²) in [4.78, 5) is 33.5. The Labute approximate surface area is 193 Å². The lowest BCUT2D eigenvalue weighted by Crippen LogP contribution is -2.51. The Balaban J connectivity index is 1.59. The maximum absolute atomic E-state index is 13.6. The molecule has 1 aromatic heterocycles. The highest BCUT2D eigenvalue weighted by Crippen LogP contribution is 2.32. The molecular formula is C26H27N3O4. The summed E-state index contributed by atoms with van der Waals surface area (Å²) in [6, 6.07) is 20.4. The van der Waals surface area contributed by atoms with Gasteiger partial charge in [-0.1, -0.05) is 36.4 Å². The van der Waals surface area contributed by atoms with Crippen LogP contribution in [0.1, 0.15) is 34.6 Å². The highest BCUT2D eigenvalue weighted by atomic mass is 16.5. The van der Waals surface area contributed by atoms with Crippen LogP contribution in [-0.4, -0.2) is 53.3 Å². The van der Waals surface area contributed by atoms with Crippen molar-refractivity contribution in [3.8, 4) is 11.5 Å². The molecule has 7 nitrogen and oxygen atoms in total. The fourth-order valence-electron chi connectivity index (χ4n) is 4.00. The van der Waals surface area contributed by atoms with Gasteiger partial charge >= 0.3 is 0 Å². The largest absolute Gasteiger partial charge is 0.493 e. The number of pyridine rings is 1. The van der Waals surface area contributed by atoms with Crippen molar-refractivity contribution in [2.45, 2.75) is 19.6 Å². The topological polar surface area (TPSA) is 72.0 Å². The summed E-state index contributed by atoms with van der Waals surface area (Å²) in [6.07, 6.45) is 1.71. The van der Waals surface area contributed by atoms with Crippen molar-refractivity contribution in [3.05, 3.63) is 89.7 Å². The van der Waals surface area contributed by atoms with Crippen LogP contribution in [0.25, 0.3) is 0 Å². The zero-order valence-electron chi connectivity index (χ0n) is 18.8. The maximum atomic E-state index is 13.6. The van der Waals surface area contributed by atoms with Gasteiger partial charge in [0.2, 0.25) is 5.91 Å². The second-order valence-electron chi connectivity index (χ2n) is 7.87. The van der Waals surface area contributed by atoms with E-state index in [2.05, 4.69) is 4.98 Å². The molecule has 170 valence electrons. The summed E-state index contributed by atoms with van der Waals surface area (Å²) >= 11 is 0. The lowest BCUT2D eigenvalue weighted by Gasteiger charge is -2.41. The molecule has 0 saturated carbocycles. The van der Waals surface area contributed by atoms with Crippen LogP contribution in [-0.2, 0) is 11.4 Å². The molecule has 0 spiro atoms. The third-order valence-electron chi connectivity index (χ3n) is 5.78. The Morgan fingerprint density at radius 2 is 1.79 bits per heavy atom. The van der Waals surface area contributed by atoms with E-state index in [0.717, 1.165) is 11.3 Å². The Kier molecular flexibility index (Phi) is 6.88. The van der Waals surface area contributed by atoms with E-state index >= 15 is 0 Å². The minimum Gasteiger partial charge on any atom is -0.493 e. The molecular weight excluding hydrogens is 418 g/mol. The Morgan fingerprint density at radius 3 is 2.48 bits per heavy atom. The van der Waals surface area contributed by atoms with Crippen LogP contribution in [0.2, 0.25) is 0 Å². The molecule has 2 heterocycles. The summed E-state index contributed by atoms with van der Waals surface area (Å²) < 4.78 is 11.4. The first-order valence-electron chi connectivity index (χ1n) is 10.9. The van der Waals surface area contributed by atoms with Crippen molar-refractivity contribution in [3.63, 3.8) is 0 Å². The van der Waals surface area contributed by atoms with Crippen LogP contribution in [0.5, 0.6) is 11.5 Å². The van der Waals surface area contributed by atoms with Gasteiger partial charge in [0.1, 0.15) is 6.61 Å². The van der Waals surface area contributed by atoms with Crippen molar-refractivity contribution in [2.75, 3.05) is 26.7 Å². The van der Waals surface area contributed by atoms with Crippen LogP contribution in [0.4, 0.5) is 0 Å². The zero-order chi connectivity index (χ0) is 23.2. The number of methoxy groups -OCH3 is 1. The molecule has 0 aliphatic carbocycles. The second-order valence-corrected chi connectivity index (χ2v) is 7.87. The minimum atomic E-state index is -0.226. The van der Waals surface area contributed by atoms with E-state index in [4.69, 9.17) is 9.47 Å². The Bertz CT molecular complexity index is 1110. The van der Waals surface area contributed by atoms with Gasteiger partial charge in [-0.05, 0) is 35.9 Å². The van der Waals surface area contributed by atoms with E-state index in [9.17, 15) is 9.59 Å². The summed E-state index contributed by atoms with van der Waals surface area (Å²) in [5.74, 6) is 0.922. The van der Waals surface area contributed by atoms with E-state index in [1.165, 1.54) is 0 Å². The molecule has 3 aromatic rings. The van der Waals surface area contributed by atoms with Crippen LogP contribution in [0, 0.1) is 0 Å². The molecule has 1 fully saturated rings. The molecule has 0 bridgehead atoms. The quantitative estimate of drug-likeness (QED) is 0.578. The Hall–Kier alpha value is -3.87. The number of amides is 2. The molecule has 2 amide bonds. The van der Waals surface area contributed by atoms with Crippen LogP contribution >= 0.6 is 0 Å². The summed E-state index contributed by atoms with van der Waals surface area (Å²) in [5.41, 5.74) is 2.28. The molecule has 7 heteroatoms. The first-order valence-corrected chi connectivity index (χ1v) is 10.9. The van der Waals surface area contributed by atoms with Gasteiger partial charge in [0.25, 0.3) is 5.91 Å². The standard InChI is InChI=1S/C26H27N3O4/c1-19(30)28-14-15-29(23(17-28)20-8-4-3-5-9-20)26(31)21-11-12-24(32-2)25(16-21)33-18-22-10-6-7-13-27-22/h3-13,16,23H,14-15,17-18H2,1-2H3. The molecule has 0 radical (unpaired) electrons. The van der Waals surface area contributed by atoms with E-state index in [1.54, 1.807) is 43.3 Å². The summed E-state index contributed by atoms with van der Waals surface area (Å²) in [7, 11) is 1.57. The summed E-state index contributed by atoms with van der Waals surface area (Å²) in [5, 5.41) is 0. The number of rotatable bonds is 6. The van der Waals surface area contributed by atoms with Crippen molar-refractivity contribution in [2.24, 2.45) is 0 Å². The molecule has 1 unspecified atom stereocenters. The van der Waals surface area contributed by atoms with E-state index in [-0.39, 0.29) is 24.5 Å². The second kappa shape index (κ2) is 10.2. The highest BCUT2D eigenvalue weighted by molar-refractivity contribution is 5.95. The fourth-order valence-corrected chi connectivity index (χ4v) is 4.00. The monoisotopic (exact) mass is 445 g/mol. The number of ether oxygens (including phenoxy) is 2. The SMILES string of the molecule is COc1ccc(C(=O)N2CCN(C(C)=O)CC2c2ccccc2)cc1OCc1ccccn1. The molecule has 1 aliphatic rings. The smallest absolute Gasteiger partial charge is 0.254 e. The molecule has 1 saturated heterocycles. The lowest BCUT2D eigenvalue weighted by atomic mass is 10.0. The molecule has 4 rings (SSSR count). The van der Waals surface area contributed by atoms with Gasteiger partial charge < -0.3 is 19.3 Å². The fraction of sp³-hybridized carbons (Fsp3) is 0.269. The molecule has 1 atom stereocenters. The number of carbonyl (C=O) groups excluding carboxylic acids is 2. The lowest BCUT2D eigenvalue weighted by molar-refractivity contribution is -0.131. The number of aromatic nitrogens is 1. The first kappa shape index (κ1) is 22.3. The van der Waals surface area contributed by atoms with Crippen LogP contribution in [0.3, 0.4) is 0 Å². The average molecular weight is 446 g/mol. The number of hydrogen-bond donors (Lipinski definition) is 0. The molecule has 0 N–H and O–H groups in total. The van der Waals surface area contributed by atoms with Gasteiger partial charge in [0.05, 0.1) is 18.8 Å². The number of piperazine rings is 1. The van der Waals surface area contributed by atoms with E-state index < -0.39 is 0 Å². The predicted molar refractivity (Wildman–Crippen MR) is 124 cm³/mol. The van der Waals surface area contributed by atoms with Crippen molar-refractivity contribution in [1.29, 1.82) is 0 Å². The molecule has 1 aliphatic heterocycles. The zero-order valence-corrected chi connectivity index (χ0v) is 18.8. The van der Waals surface area contributed by atoms with Gasteiger partial charge in [-0.2, -0.15) is 0 Å². The normalized spacial score (nSPS) is 15.8. The third kappa shape index (κ3) is 5.14. The maximum Gasteiger partial charge on any atom is 0.254 e. The van der Waals surface area contributed by atoms with Gasteiger partial charge in [0, 0.05) is 38.3 Å². The molecule has 2 aromatic carbocycles. The van der Waals surface area contributed by atoms with Crippen molar-refractivity contribution in [1.82, 2.24) is 14.8 Å². The van der Waals surface area contributed by atoms with Crippen LogP contribution in [0.15, 0.2) is 72.9 Å². The van der Waals surface area contributed by atoms with Gasteiger partial charge in [-0.3, -0.25) is 14.6 Å². The highest BCUT2D eigenvalue weighted by Gasteiger charge is 2.33.